The third-order valence-electron chi connectivity index (χ3n) is 3.09. The summed E-state index contributed by atoms with van der Waals surface area (Å²) in [5, 5.41) is 4.05. The fraction of sp³-hybridized carbons (Fsp3) is 0.500. The van der Waals surface area contributed by atoms with Gasteiger partial charge in [0.05, 0.1) is 0 Å². The summed E-state index contributed by atoms with van der Waals surface area (Å²) >= 11 is 5.79. The SMILES string of the molecule is C[C@H]1CN(C(=O)COc2ccc(Cl)cc2)C[C@H](C)N1. The van der Waals surface area contributed by atoms with Crippen LogP contribution in [0.2, 0.25) is 5.02 Å². The Morgan fingerprint density at radius 3 is 2.47 bits per heavy atom. The van der Waals surface area contributed by atoms with Gasteiger partial charge in [0.1, 0.15) is 5.75 Å². The number of hydrogen-bond acceptors (Lipinski definition) is 3. The number of carbonyl (C=O) groups is 1. The summed E-state index contributed by atoms with van der Waals surface area (Å²) < 4.78 is 5.48. The average Bonchev–Trinajstić information content (AvgIpc) is 2.36. The second-order valence-corrected chi connectivity index (χ2v) is 5.45. The quantitative estimate of drug-likeness (QED) is 0.921. The zero-order chi connectivity index (χ0) is 13.8. The highest BCUT2D eigenvalue weighted by atomic mass is 35.5. The van der Waals surface area contributed by atoms with Crippen LogP contribution in [0.15, 0.2) is 24.3 Å². The van der Waals surface area contributed by atoms with Crippen LogP contribution in [0.3, 0.4) is 0 Å². The standard InChI is InChI=1S/C14H19ClN2O2/c1-10-7-17(8-11(2)16-10)14(18)9-19-13-5-3-12(15)4-6-13/h3-6,10-11,16H,7-9H2,1-2H3/t10-,11-/m0/s1. The summed E-state index contributed by atoms with van der Waals surface area (Å²) in [4.78, 5) is 13.9. The highest BCUT2D eigenvalue weighted by Gasteiger charge is 2.24. The summed E-state index contributed by atoms with van der Waals surface area (Å²) in [5.41, 5.74) is 0. The van der Waals surface area contributed by atoms with E-state index in [0.717, 1.165) is 13.1 Å². The molecule has 1 aliphatic rings. The lowest BCUT2D eigenvalue weighted by molar-refractivity contribution is -0.135. The van der Waals surface area contributed by atoms with Crippen molar-refractivity contribution >= 4 is 17.5 Å². The van der Waals surface area contributed by atoms with Gasteiger partial charge >= 0.3 is 0 Å². The number of halogens is 1. The lowest BCUT2D eigenvalue weighted by Crippen LogP contribution is -2.56. The Morgan fingerprint density at radius 2 is 1.89 bits per heavy atom. The first-order valence-corrected chi connectivity index (χ1v) is 6.84. The highest BCUT2D eigenvalue weighted by molar-refractivity contribution is 6.30. The van der Waals surface area contributed by atoms with E-state index in [1.807, 2.05) is 4.90 Å². The predicted molar refractivity (Wildman–Crippen MR) is 75.6 cm³/mol. The Hall–Kier alpha value is -1.26. The van der Waals surface area contributed by atoms with Crippen LogP contribution in [0, 0.1) is 0 Å². The number of rotatable bonds is 3. The number of ether oxygens (including phenoxy) is 1. The van der Waals surface area contributed by atoms with Gasteiger partial charge in [-0.15, -0.1) is 0 Å². The molecule has 19 heavy (non-hydrogen) atoms. The molecule has 2 atom stereocenters. The Labute approximate surface area is 118 Å². The van der Waals surface area contributed by atoms with E-state index in [-0.39, 0.29) is 12.5 Å². The molecule has 1 fully saturated rings. The molecule has 104 valence electrons. The molecule has 0 bridgehead atoms. The van der Waals surface area contributed by atoms with E-state index in [9.17, 15) is 4.79 Å². The molecular formula is C14H19ClN2O2. The first-order chi connectivity index (χ1) is 9.04. The van der Waals surface area contributed by atoms with Crippen molar-refractivity contribution in [1.82, 2.24) is 10.2 Å². The second-order valence-electron chi connectivity index (χ2n) is 5.01. The number of amides is 1. The molecule has 0 radical (unpaired) electrons. The molecule has 0 aromatic heterocycles. The van der Waals surface area contributed by atoms with Crippen molar-refractivity contribution in [2.24, 2.45) is 0 Å². The van der Waals surface area contributed by atoms with Crippen LogP contribution >= 0.6 is 11.6 Å². The Morgan fingerprint density at radius 1 is 1.32 bits per heavy atom. The number of carbonyl (C=O) groups excluding carboxylic acids is 1. The summed E-state index contributed by atoms with van der Waals surface area (Å²) in [5.74, 6) is 0.684. The van der Waals surface area contributed by atoms with Crippen molar-refractivity contribution < 1.29 is 9.53 Å². The third-order valence-corrected chi connectivity index (χ3v) is 3.34. The second kappa shape index (κ2) is 6.26. The van der Waals surface area contributed by atoms with Crippen molar-refractivity contribution in [2.45, 2.75) is 25.9 Å². The van der Waals surface area contributed by atoms with Crippen LogP contribution in [0.1, 0.15) is 13.8 Å². The largest absolute Gasteiger partial charge is 0.484 e. The van der Waals surface area contributed by atoms with Crippen LogP contribution in [-0.2, 0) is 4.79 Å². The zero-order valence-electron chi connectivity index (χ0n) is 11.2. The van der Waals surface area contributed by atoms with Crippen molar-refractivity contribution in [1.29, 1.82) is 0 Å². The van der Waals surface area contributed by atoms with Gasteiger partial charge in [-0.2, -0.15) is 0 Å². The van der Waals surface area contributed by atoms with Gasteiger partial charge in [-0.05, 0) is 38.1 Å². The Bertz CT molecular complexity index is 426. The fourth-order valence-corrected chi connectivity index (χ4v) is 2.42. The summed E-state index contributed by atoms with van der Waals surface area (Å²) in [6, 6.07) is 7.66. The smallest absolute Gasteiger partial charge is 0.260 e. The molecule has 1 aliphatic heterocycles. The maximum atomic E-state index is 12.1. The van der Waals surface area contributed by atoms with Gasteiger partial charge in [0, 0.05) is 30.2 Å². The molecule has 1 saturated heterocycles. The van der Waals surface area contributed by atoms with E-state index in [1.165, 1.54) is 0 Å². The Balaban J connectivity index is 1.85. The predicted octanol–water partition coefficient (Wildman–Crippen LogP) is 1.93. The number of hydrogen-bond donors (Lipinski definition) is 1. The number of piperazine rings is 1. The van der Waals surface area contributed by atoms with Crippen molar-refractivity contribution in [2.75, 3.05) is 19.7 Å². The van der Waals surface area contributed by atoms with E-state index in [4.69, 9.17) is 16.3 Å². The molecule has 0 saturated carbocycles. The van der Waals surface area contributed by atoms with Gasteiger partial charge in [-0.1, -0.05) is 11.6 Å². The van der Waals surface area contributed by atoms with E-state index in [0.29, 0.717) is 22.9 Å². The minimum Gasteiger partial charge on any atom is -0.484 e. The first-order valence-electron chi connectivity index (χ1n) is 6.47. The molecule has 1 aromatic carbocycles. The molecule has 5 heteroatoms. The van der Waals surface area contributed by atoms with Gasteiger partial charge in [0.15, 0.2) is 6.61 Å². The molecule has 0 spiro atoms. The number of nitrogens with one attached hydrogen (secondary N) is 1. The molecule has 1 aromatic rings. The van der Waals surface area contributed by atoms with Crippen LogP contribution < -0.4 is 10.1 Å². The van der Waals surface area contributed by atoms with E-state index in [2.05, 4.69) is 19.2 Å². The minimum absolute atomic E-state index is 0.0233. The van der Waals surface area contributed by atoms with Crippen LogP contribution in [0.5, 0.6) is 5.75 Å². The zero-order valence-corrected chi connectivity index (χ0v) is 12.0. The maximum absolute atomic E-state index is 12.1. The van der Waals surface area contributed by atoms with E-state index < -0.39 is 0 Å². The van der Waals surface area contributed by atoms with Crippen molar-refractivity contribution in [3.05, 3.63) is 29.3 Å². The van der Waals surface area contributed by atoms with E-state index >= 15 is 0 Å². The minimum atomic E-state index is 0.0233. The summed E-state index contributed by atoms with van der Waals surface area (Å²) in [6.07, 6.45) is 0. The molecule has 0 aliphatic carbocycles. The molecule has 1 amide bonds. The third kappa shape index (κ3) is 4.11. The average molecular weight is 283 g/mol. The molecule has 4 nitrogen and oxygen atoms in total. The van der Waals surface area contributed by atoms with Crippen LogP contribution in [0.4, 0.5) is 0 Å². The van der Waals surface area contributed by atoms with Crippen LogP contribution in [0.25, 0.3) is 0 Å². The fourth-order valence-electron chi connectivity index (χ4n) is 2.30. The van der Waals surface area contributed by atoms with E-state index in [1.54, 1.807) is 24.3 Å². The topological polar surface area (TPSA) is 41.6 Å². The molecular weight excluding hydrogens is 264 g/mol. The van der Waals surface area contributed by atoms with Gasteiger partial charge in [0.2, 0.25) is 0 Å². The van der Waals surface area contributed by atoms with Gasteiger partial charge in [-0.25, -0.2) is 0 Å². The first kappa shape index (κ1) is 14.2. The van der Waals surface area contributed by atoms with Gasteiger partial charge in [0.25, 0.3) is 5.91 Å². The molecule has 0 unspecified atom stereocenters. The molecule has 2 rings (SSSR count). The summed E-state index contributed by atoms with van der Waals surface area (Å²) in [7, 11) is 0. The number of nitrogens with zero attached hydrogens (tertiary/aromatic N) is 1. The monoisotopic (exact) mass is 282 g/mol. The van der Waals surface area contributed by atoms with Gasteiger partial charge in [-0.3, -0.25) is 4.79 Å². The normalized spacial score (nSPS) is 23.2. The lowest BCUT2D eigenvalue weighted by atomic mass is 10.1. The van der Waals surface area contributed by atoms with Crippen molar-refractivity contribution in [3.8, 4) is 5.75 Å². The Kier molecular flexibility index (Phi) is 4.66. The number of benzene rings is 1. The summed E-state index contributed by atoms with van der Waals surface area (Å²) in [6.45, 7) is 5.69. The van der Waals surface area contributed by atoms with Crippen LogP contribution in [-0.4, -0.2) is 42.6 Å². The lowest BCUT2D eigenvalue weighted by Gasteiger charge is -2.36. The van der Waals surface area contributed by atoms with Crippen molar-refractivity contribution in [3.63, 3.8) is 0 Å². The maximum Gasteiger partial charge on any atom is 0.260 e. The van der Waals surface area contributed by atoms with Gasteiger partial charge < -0.3 is 15.0 Å². The highest BCUT2D eigenvalue weighted by Crippen LogP contribution is 2.15. The molecule has 1 N–H and O–H groups in total. The molecule has 1 heterocycles.